The number of benzene rings is 1. The van der Waals surface area contributed by atoms with Gasteiger partial charge in [-0.25, -0.2) is 9.67 Å². The Bertz CT molecular complexity index is 1310. The van der Waals surface area contributed by atoms with E-state index in [1.165, 1.54) is 0 Å². The van der Waals surface area contributed by atoms with Crippen LogP contribution in [0.25, 0.3) is 22.3 Å². The Labute approximate surface area is 178 Å². The average molecular weight is 409 g/mol. The topological polar surface area (TPSA) is 85.8 Å². The van der Waals surface area contributed by atoms with E-state index in [4.69, 9.17) is 9.40 Å². The first kappa shape index (κ1) is 18.7. The largest absolute Gasteiger partial charge is 0.467 e. The number of rotatable bonds is 6. The fourth-order valence-corrected chi connectivity index (χ4v) is 3.44. The lowest BCUT2D eigenvalue weighted by atomic mass is 10.1. The number of hydrogen-bond donors (Lipinski definition) is 1. The molecule has 0 bridgehead atoms. The molecular formula is C24H19N5O2. The molecule has 31 heavy (non-hydrogen) atoms. The molecule has 0 aliphatic carbocycles. The lowest BCUT2D eigenvalue weighted by Gasteiger charge is -2.09. The zero-order chi connectivity index (χ0) is 21.0. The Balaban J connectivity index is 1.55. The maximum absolute atomic E-state index is 13.1. The second-order valence-corrected chi connectivity index (χ2v) is 7.08. The molecule has 0 atom stereocenters. The molecule has 1 N–H and O–H groups in total. The Morgan fingerprint density at radius 2 is 1.94 bits per heavy atom. The van der Waals surface area contributed by atoms with Crippen LogP contribution in [0, 0.1) is 0 Å². The van der Waals surface area contributed by atoms with E-state index in [1.54, 1.807) is 35.6 Å². The molecule has 0 radical (unpaired) electrons. The summed E-state index contributed by atoms with van der Waals surface area (Å²) < 4.78 is 7.20. The van der Waals surface area contributed by atoms with Crippen LogP contribution in [-0.4, -0.2) is 25.7 Å². The van der Waals surface area contributed by atoms with Crippen molar-refractivity contribution >= 4 is 16.9 Å². The molecule has 0 fully saturated rings. The molecule has 1 amide bonds. The van der Waals surface area contributed by atoms with Gasteiger partial charge in [-0.1, -0.05) is 30.3 Å². The van der Waals surface area contributed by atoms with Crippen molar-refractivity contribution in [2.75, 3.05) is 0 Å². The van der Waals surface area contributed by atoms with Crippen LogP contribution in [-0.2, 0) is 13.1 Å². The van der Waals surface area contributed by atoms with Crippen LogP contribution in [0.3, 0.4) is 0 Å². The van der Waals surface area contributed by atoms with Crippen LogP contribution >= 0.6 is 0 Å². The van der Waals surface area contributed by atoms with Gasteiger partial charge in [-0.2, -0.15) is 5.10 Å². The highest BCUT2D eigenvalue weighted by atomic mass is 16.3. The zero-order valence-corrected chi connectivity index (χ0v) is 16.6. The highest BCUT2D eigenvalue weighted by Gasteiger charge is 2.18. The fourth-order valence-electron chi connectivity index (χ4n) is 3.44. The van der Waals surface area contributed by atoms with E-state index >= 15 is 0 Å². The number of carbonyl (C=O) groups is 1. The maximum Gasteiger partial charge on any atom is 0.252 e. The first-order valence-electron chi connectivity index (χ1n) is 9.89. The molecule has 0 aliphatic rings. The number of hydrogen-bond acceptors (Lipinski definition) is 5. The number of carbonyl (C=O) groups excluding carboxylic acids is 1. The number of aromatic nitrogens is 4. The maximum atomic E-state index is 13.1. The molecule has 4 aromatic heterocycles. The summed E-state index contributed by atoms with van der Waals surface area (Å²) in [4.78, 5) is 22.1. The number of nitrogens with zero attached hydrogens (tertiary/aromatic N) is 4. The van der Waals surface area contributed by atoms with Crippen LogP contribution in [0.15, 0.2) is 89.9 Å². The van der Waals surface area contributed by atoms with Gasteiger partial charge in [-0.3, -0.25) is 9.78 Å². The van der Waals surface area contributed by atoms with E-state index in [2.05, 4.69) is 15.4 Å². The van der Waals surface area contributed by atoms with E-state index in [-0.39, 0.29) is 5.91 Å². The van der Waals surface area contributed by atoms with Gasteiger partial charge in [-0.15, -0.1) is 0 Å². The molecule has 7 heteroatoms. The van der Waals surface area contributed by atoms with Gasteiger partial charge in [-0.05, 0) is 35.9 Å². The van der Waals surface area contributed by atoms with Crippen molar-refractivity contribution in [3.05, 3.63) is 102 Å². The quantitative estimate of drug-likeness (QED) is 0.457. The third kappa shape index (κ3) is 3.93. The minimum atomic E-state index is -0.182. The van der Waals surface area contributed by atoms with Crippen LogP contribution in [0.1, 0.15) is 21.7 Å². The van der Waals surface area contributed by atoms with Gasteiger partial charge in [0.25, 0.3) is 5.91 Å². The van der Waals surface area contributed by atoms with Crippen LogP contribution < -0.4 is 5.32 Å². The molecule has 5 rings (SSSR count). The molecule has 0 saturated heterocycles. The van der Waals surface area contributed by atoms with Crippen molar-refractivity contribution in [3.63, 3.8) is 0 Å². The monoisotopic (exact) mass is 409 g/mol. The van der Waals surface area contributed by atoms with E-state index in [0.29, 0.717) is 35.4 Å². The number of nitrogens with one attached hydrogen (secondary N) is 1. The summed E-state index contributed by atoms with van der Waals surface area (Å²) >= 11 is 0. The molecule has 0 spiro atoms. The highest BCUT2D eigenvalue weighted by Crippen LogP contribution is 2.25. The van der Waals surface area contributed by atoms with Crippen LogP contribution in [0.5, 0.6) is 0 Å². The molecule has 4 heterocycles. The normalized spacial score (nSPS) is 11.0. The van der Waals surface area contributed by atoms with Crippen molar-refractivity contribution in [2.24, 2.45) is 0 Å². The standard InChI is InChI=1S/C24H19N5O2/c30-24(26-13-17-6-2-1-3-7-17)20-12-22(18-8-4-10-25-14-18)28-23-21(20)15-27-29(23)16-19-9-5-11-31-19/h1-12,14-15H,13,16H2,(H,26,30). The Hall–Kier alpha value is -4.26. The van der Waals surface area contributed by atoms with Crippen LogP contribution in [0.4, 0.5) is 0 Å². The van der Waals surface area contributed by atoms with Gasteiger partial charge < -0.3 is 9.73 Å². The Morgan fingerprint density at radius 3 is 2.71 bits per heavy atom. The minimum Gasteiger partial charge on any atom is -0.467 e. The Morgan fingerprint density at radius 1 is 1.03 bits per heavy atom. The van der Waals surface area contributed by atoms with Gasteiger partial charge in [0, 0.05) is 24.5 Å². The van der Waals surface area contributed by atoms with Gasteiger partial charge in [0.05, 0.1) is 29.1 Å². The minimum absolute atomic E-state index is 0.182. The van der Waals surface area contributed by atoms with Crippen molar-refractivity contribution in [2.45, 2.75) is 13.1 Å². The molecule has 0 unspecified atom stereocenters. The van der Waals surface area contributed by atoms with Gasteiger partial charge in [0.2, 0.25) is 0 Å². The summed E-state index contributed by atoms with van der Waals surface area (Å²) in [6.45, 7) is 0.858. The van der Waals surface area contributed by atoms with Gasteiger partial charge >= 0.3 is 0 Å². The summed E-state index contributed by atoms with van der Waals surface area (Å²) in [7, 11) is 0. The fraction of sp³-hybridized carbons (Fsp3) is 0.0833. The first-order chi connectivity index (χ1) is 15.3. The third-order valence-electron chi connectivity index (χ3n) is 4.99. The number of pyridine rings is 2. The Kier molecular flexibility index (Phi) is 4.98. The predicted molar refractivity (Wildman–Crippen MR) is 116 cm³/mol. The highest BCUT2D eigenvalue weighted by molar-refractivity contribution is 6.06. The SMILES string of the molecule is O=C(NCc1ccccc1)c1cc(-c2cccnc2)nc2c1cnn2Cc1ccco1. The van der Waals surface area contributed by atoms with Gasteiger partial charge in [0.15, 0.2) is 5.65 Å². The molecule has 1 aromatic carbocycles. The number of fused-ring (bicyclic) bond motifs is 1. The average Bonchev–Trinajstić information content (AvgIpc) is 3.49. The van der Waals surface area contributed by atoms with Crippen molar-refractivity contribution in [1.82, 2.24) is 25.1 Å². The predicted octanol–water partition coefficient (Wildman–Crippen LogP) is 4.06. The molecule has 5 aromatic rings. The zero-order valence-electron chi connectivity index (χ0n) is 16.6. The number of amides is 1. The second-order valence-electron chi connectivity index (χ2n) is 7.08. The first-order valence-corrected chi connectivity index (χ1v) is 9.89. The molecular weight excluding hydrogens is 390 g/mol. The molecule has 0 aliphatic heterocycles. The second kappa shape index (κ2) is 8.23. The van der Waals surface area contributed by atoms with Crippen molar-refractivity contribution < 1.29 is 9.21 Å². The summed E-state index contributed by atoms with van der Waals surface area (Å²) in [5.74, 6) is 0.576. The molecule has 7 nitrogen and oxygen atoms in total. The smallest absolute Gasteiger partial charge is 0.252 e. The summed E-state index contributed by atoms with van der Waals surface area (Å²) in [5.41, 5.74) is 3.65. The lowest BCUT2D eigenvalue weighted by Crippen LogP contribution is -2.23. The summed E-state index contributed by atoms with van der Waals surface area (Å²) in [6, 6.07) is 19.1. The van der Waals surface area contributed by atoms with E-state index in [0.717, 1.165) is 16.9 Å². The van der Waals surface area contributed by atoms with E-state index in [1.807, 2.05) is 54.6 Å². The summed E-state index contributed by atoms with van der Waals surface area (Å²) in [6.07, 6.45) is 6.73. The third-order valence-corrected chi connectivity index (χ3v) is 4.99. The van der Waals surface area contributed by atoms with Crippen LogP contribution in [0.2, 0.25) is 0 Å². The van der Waals surface area contributed by atoms with Gasteiger partial charge in [0.1, 0.15) is 12.3 Å². The lowest BCUT2D eigenvalue weighted by molar-refractivity contribution is 0.0952. The number of furan rings is 1. The van der Waals surface area contributed by atoms with Crippen molar-refractivity contribution in [3.8, 4) is 11.3 Å². The summed E-state index contributed by atoms with van der Waals surface area (Å²) in [5, 5.41) is 8.15. The molecule has 0 saturated carbocycles. The van der Waals surface area contributed by atoms with Crippen molar-refractivity contribution in [1.29, 1.82) is 0 Å². The van der Waals surface area contributed by atoms with E-state index < -0.39 is 0 Å². The van der Waals surface area contributed by atoms with E-state index in [9.17, 15) is 4.79 Å². The molecule has 152 valence electrons.